The zero-order valence-corrected chi connectivity index (χ0v) is 10.9. The molecule has 1 atom stereocenters. The smallest absolute Gasteiger partial charge is 0.256 e. The fraction of sp³-hybridized carbons (Fsp3) is 0.429. The molecule has 0 spiro atoms. The van der Waals surface area contributed by atoms with Gasteiger partial charge in [-0.05, 0) is 37.5 Å². The van der Waals surface area contributed by atoms with Crippen LogP contribution in [0.4, 0.5) is 5.69 Å². The Morgan fingerprint density at radius 3 is 3.00 bits per heavy atom. The van der Waals surface area contributed by atoms with Crippen molar-refractivity contribution in [3.05, 3.63) is 29.3 Å². The second-order valence-electron chi connectivity index (χ2n) is 4.87. The number of anilines is 1. The monoisotopic (exact) mass is 262 g/mol. The van der Waals surface area contributed by atoms with Crippen LogP contribution in [0.2, 0.25) is 5.02 Å². The van der Waals surface area contributed by atoms with Crippen LogP contribution >= 0.6 is 11.6 Å². The Labute approximate surface area is 111 Å². The van der Waals surface area contributed by atoms with Gasteiger partial charge in [-0.3, -0.25) is 4.79 Å². The molecule has 0 aromatic heterocycles. The average molecular weight is 263 g/mol. The number of rotatable bonds is 1. The van der Waals surface area contributed by atoms with Gasteiger partial charge in [0, 0.05) is 5.02 Å². The topological polar surface area (TPSA) is 32.7 Å². The molecule has 18 heavy (non-hydrogen) atoms. The Kier molecular flexibility index (Phi) is 3.08. The van der Waals surface area contributed by atoms with E-state index in [0.717, 1.165) is 37.1 Å². The summed E-state index contributed by atoms with van der Waals surface area (Å²) in [6.45, 7) is 0. The predicted octanol–water partition coefficient (Wildman–Crippen LogP) is 3.62. The highest BCUT2D eigenvalue weighted by molar-refractivity contribution is 6.31. The van der Waals surface area contributed by atoms with E-state index in [-0.39, 0.29) is 11.8 Å². The Balaban J connectivity index is 1.93. The summed E-state index contributed by atoms with van der Waals surface area (Å²) < 4.78 is 0. The minimum absolute atomic E-state index is 0.00600. The van der Waals surface area contributed by atoms with Crippen LogP contribution in [0.1, 0.15) is 32.1 Å². The van der Waals surface area contributed by atoms with Gasteiger partial charge >= 0.3 is 0 Å². The van der Waals surface area contributed by atoms with Crippen LogP contribution in [0.25, 0.3) is 0 Å². The minimum atomic E-state index is 0.00600. The maximum atomic E-state index is 12.4. The van der Waals surface area contributed by atoms with Crippen LogP contribution in [0.5, 0.6) is 0 Å². The molecule has 1 aromatic carbocycles. The molecule has 94 valence electrons. The van der Waals surface area contributed by atoms with Crippen LogP contribution < -0.4 is 5.01 Å². The lowest BCUT2D eigenvalue weighted by Crippen LogP contribution is -2.26. The van der Waals surface area contributed by atoms with E-state index in [0.29, 0.717) is 5.02 Å². The maximum Gasteiger partial charge on any atom is 0.256 e. The van der Waals surface area contributed by atoms with Crippen LogP contribution in [-0.4, -0.2) is 11.6 Å². The normalized spacial score (nSPS) is 23.6. The first kappa shape index (κ1) is 11.7. The van der Waals surface area contributed by atoms with Crippen molar-refractivity contribution in [1.82, 2.24) is 0 Å². The maximum absolute atomic E-state index is 12.4. The highest BCUT2D eigenvalue weighted by Gasteiger charge is 2.36. The molecule has 1 aromatic rings. The number of carbonyl (C=O) groups excluding carboxylic acids is 1. The van der Waals surface area contributed by atoms with Crippen LogP contribution in [0.3, 0.4) is 0 Å². The van der Waals surface area contributed by atoms with Gasteiger partial charge in [-0.1, -0.05) is 30.5 Å². The number of nitrogens with zero attached hydrogens (tertiary/aromatic N) is 2. The zero-order valence-electron chi connectivity index (χ0n) is 10.1. The summed E-state index contributed by atoms with van der Waals surface area (Å²) in [5, 5.41) is 6.66. The zero-order chi connectivity index (χ0) is 12.5. The molecular formula is C14H15ClN2O. The van der Waals surface area contributed by atoms with Crippen molar-refractivity contribution in [3.8, 4) is 0 Å². The van der Waals surface area contributed by atoms with Gasteiger partial charge < -0.3 is 0 Å². The van der Waals surface area contributed by atoms with E-state index < -0.39 is 0 Å². The van der Waals surface area contributed by atoms with Gasteiger partial charge in [0.1, 0.15) is 0 Å². The highest BCUT2D eigenvalue weighted by atomic mass is 35.5. The number of amides is 1. The number of halogens is 1. The Hall–Kier alpha value is -1.35. The van der Waals surface area contributed by atoms with Crippen molar-refractivity contribution in [2.24, 2.45) is 11.0 Å². The number of fused-ring (bicyclic) bond motifs is 1. The van der Waals surface area contributed by atoms with Gasteiger partial charge in [0.25, 0.3) is 5.91 Å². The molecule has 0 unspecified atom stereocenters. The van der Waals surface area contributed by atoms with E-state index in [1.54, 1.807) is 12.1 Å². The van der Waals surface area contributed by atoms with Gasteiger partial charge in [-0.2, -0.15) is 5.10 Å². The lowest BCUT2D eigenvalue weighted by atomic mass is 9.98. The third-order valence-corrected chi connectivity index (χ3v) is 3.85. The molecule has 3 nitrogen and oxygen atoms in total. The van der Waals surface area contributed by atoms with Crippen LogP contribution in [0.15, 0.2) is 29.4 Å². The molecule has 1 saturated carbocycles. The molecule has 3 rings (SSSR count). The minimum Gasteiger partial charge on any atom is -0.272 e. The van der Waals surface area contributed by atoms with Crippen molar-refractivity contribution in [2.45, 2.75) is 32.1 Å². The molecule has 1 aliphatic carbocycles. The Morgan fingerprint density at radius 1 is 1.28 bits per heavy atom. The number of hydrogen-bond acceptors (Lipinski definition) is 2. The van der Waals surface area contributed by atoms with Crippen molar-refractivity contribution < 1.29 is 4.79 Å². The van der Waals surface area contributed by atoms with E-state index >= 15 is 0 Å². The molecule has 1 aliphatic heterocycles. The first-order valence-electron chi connectivity index (χ1n) is 6.42. The Morgan fingerprint density at radius 2 is 2.17 bits per heavy atom. The summed E-state index contributed by atoms with van der Waals surface area (Å²) in [5.74, 6) is 0.112. The number of hydrazone groups is 1. The van der Waals surface area contributed by atoms with E-state index in [1.807, 2.05) is 12.1 Å². The van der Waals surface area contributed by atoms with E-state index in [9.17, 15) is 4.79 Å². The second kappa shape index (κ2) is 4.73. The summed E-state index contributed by atoms with van der Waals surface area (Å²) in [4.78, 5) is 12.4. The van der Waals surface area contributed by atoms with Gasteiger partial charge in [-0.25, -0.2) is 5.01 Å². The van der Waals surface area contributed by atoms with Crippen molar-refractivity contribution in [3.63, 3.8) is 0 Å². The first-order chi connectivity index (χ1) is 8.75. The summed E-state index contributed by atoms with van der Waals surface area (Å²) in [7, 11) is 0. The molecular weight excluding hydrogens is 248 g/mol. The third-order valence-electron chi connectivity index (χ3n) is 3.62. The van der Waals surface area contributed by atoms with Gasteiger partial charge in [0.2, 0.25) is 0 Å². The molecule has 0 saturated heterocycles. The van der Waals surface area contributed by atoms with E-state index in [1.165, 1.54) is 11.4 Å². The predicted molar refractivity (Wildman–Crippen MR) is 72.9 cm³/mol. The average Bonchev–Trinajstić information content (AvgIpc) is 2.55. The molecule has 2 aliphatic rings. The fourth-order valence-electron chi connectivity index (χ4n) is 2.68. The van der Waals surface area contributed by atoms with Crippen molar-refractivity contribution >= 4 is 28.9 Å². The standard InChI is InChI=1S/C14H15ClN2O/c15-10-5-4-6-11(9-10)17-14(18)12-7-2-1-3-8-13(12)16-17/h4-6,9,12H,1-3,7-8H2/t12-/m0/s1. The number of hydrogen-bond donors (Lipinski definition) is 0. The lowest BCUT2D eigenvalue weighted by molar-refractivity contribution is -0.119. The number of benzene rings is 1. The van der Waals surface area contributed by atoms with Crippen molar-refractivity contribution in [1.29, 1.82) is 0 Å². The van der Waals surface area contributed by atoms with Crippen molar-refractivity contribution in [2.75, 3.05) is 5.01 Å². The van der Waals surface area contributed by atoms with Crippen LogP contribution in [-0.2, 0) is 4.79 Å². The van der Waals surface area contributed by atoms with E-state index in [2.05, 4.69) is 5.10 Å². The Bertz CT molecular complexity index is 512. The van der Waals surface area contributed by atoms with Gasteiger partial charge in [0.05, 0.1) is 17.3 Å². The fourth-order valence-corrected chi connectivity index (χ4v) is 2.86. The van der Waals surface area contributed by atoms with E-state index in [4.69, 9.17) is 11.6 Å². The molecule has 4 heteroatoms. The van der Waals surface area contributed by atoms with Gasteiger partial charge in [-0.15, -0.1) is 0 Å². The molecule has 1 heterocycles. The first-order valence-corrected chi connectivity index (χ1v) is 6.80. The summed E-state index contributed by atoms with van der Waals surface area (Å²) in [5.41, 5.74) is 1.82. The lowest BCUT2D eigenvalue weighted by Gasteiger charge is -2.14. The third kappa shape index (κ3) is 2.03. The molecule has 1 amide bonds. The largest absolute Gasteiger partial charge is 0.272 e. The second-order valence-corrected chi connectivity index (χ2v) is 5.31. The summed E-state index contributed by atoms with van der Waals surface area (Å²) in [6, 6.07) is 7.31. The summed E-state index contributed by atoms with van der Waals surface area (Å²) >= 11 is 5.96. The highest BCUT2D eigenvalue weighted by Crippen LogP contribution is 2.32. The molecule has 1 fully saturated rings. The quantitative estimate of drug-likeness (QED) is 0.761. The summed E-state index contributed by atoms with van der Waals surface area (Å²) in [6.07, 6.45) is 5.37. The van der Waals surface area contributed by atoms with Crippen LogP contribution in [0, 0.1) is 5.92 Å². The molecule has 0 bridgehead atoms. The number of carbonyl (C=O) groups is 1. The molecule has 0 radical (unpaired) electrons. The molecule has 0 N–H and O–H groups in total. The SMILES string of the molecule is O=C1[C@H]2CCCCCC2=NN1c1cccc(Cl)c1. The van der Waals surface area contributed by atoms with Gasteiger partial charge in [0.15, 0.2) is 0 Å².